The Balaban J connectivity index is 1.79. The van der Waals surface area contributed by atoms with E-state index in [2.05, 4.69) is 50.9 Å². The summed E-state index contributed by atoms with van der Waals surface area (Å²) in [6, 6.07) is 13.6. The third-order valence-corrected chi connectivity index (χ3v) is 7.66. The first kappa shape index (κ1) is 27.3. The van der Waals surface area contributed by atoms with Gasteiger partial charge in [-0.3, -0.25) is 4.79 Å². The van der Waals surface area contributed by atoms with Crippen LogP contribution in [0.4, 0.5) is 5.69 Å². The highest BCUT2D eigenvalue weighted by atomic mass is 16.5. The van der Waals surface area contributed by atoms with Crippen LogP contribution in [0.5, 0.6) is 23.1 Å². The topological polar surface area (TPSA) is 70.1 Å². The number of carbonyl (C=O) groups is 1. The van der Waals surface area contributed by atoms with E-state index in [0.29, 0.717) is 40.9 Å². The molecule has 4 rings (SSSR count). The molecule has 0 saturated heterocycles. The van der Waals surface area contributed by atoms with Crippen LogP contribution < -0.4 is 23.8 Å². The van der Waals surface area contributed by atoms with E-state index in [1.807, 2.05) is 6.07 Å². The van der Waals surface area contributed by atoms with Crippen molar-refractivity contribution < 1.29 is 23.7 Å². The largest absolute Gasteiger partial charge is 0.493 e. The second-order valence-electron chi connectivity index (χ2n) is 11.0. The molecule has 0 aliphatic heterocycles. The quantitative estimate of drug-likeness (QED) is 0.348. The molecule has 0 N–H and O–H groups in total. The van der Waals surface area contributed by atoms with Crippen LogP contribution in [0, 0.1) is 0 Å². The van der Waals surface area contributed by atoms with Crippen LogP contribution in [-0.2, 0) is 17.4 Å². The lowest BCUT2D eigenvalue weighted by Crippen LogP contribution is -2.34. The summed E-state index contributed by atoms with van der Waals surface area (Å²) in [5.74, 6) is 1.53. The van der Waals surface area contributed by atoms with Crippen molar-refractivity contribution in [3.05, 3.63) is 70.9 Å². The predicted molar refractivity (Wildman–Crippen MR) is 149 cm³/mol. The fraction of sp³-hybridized carbons (Fsp3) is 0.419. The number of rotatable bonds is 8. The van der Waals surface area contributed by atoms with Crippen molar-refractivity contribution in [3.8, 4) is 23.1 Å². The molecule has 0 bridgehead atoms. The molecule has 7 heteroatoms. The Hall–Kier alpha value is -3.74. The molecule has 1 aromatic heterocycles. The van der Waals surface area contributed by atoms with E-state index < -0.39 is 0 Å². The smallest absolute Gasteiger partial charge is 0.258 e. The zero-order chi connectivity index (χ0) is 27.7. The number of methoxy groups -OCH3 is 4. The summed E-state index contributed by atoms with van der Waals surface area (Å²) in [5.41, 5.74) is 5.02. The van der Waals surface area contributed by atoms with Gasteiger partial charge in [0, 0.05) is 11.6 Å². The van der Waals surface area contributed by atoms with E-state index in [-0.39, 0.29) is 16.7 Å². The van der Waals surface area contributed by atoms with E-state index in [1.165, 1.54) is 32.5 Å². The molecule has 0 atom stereocenters. The number of nitrogens with zero attached hydrogens (tertiary/aromatic N) is 2. The number of fused-ring (bicyclic) bond motifs is 1. The Morgan fingerprint density at radius 1 is 0.816 bits per heavy atom. The summed E-state index contributed by atoms with van der Waals surface area (Å²) >= 11 is 0. The highest BCUT2D eigenvalue weighted by molar-refractivity contribution is 6.06. The van der Waals surface area contributed by atoms with E-state index in [0.717, 1.165) is 18.4 Å². The minimum atomic E-state index is -0.214. The number of pyridine rings is 1. The zero-order valence-corrected chi connectivity index (χ0v) is 23.7. The molecule has 1 aliphatic carbocycles. The van der Waals surface area contributed by atoms with Gasteiger partial charge in [-0.25, -0.2) is 4.98 Å². The van der Waals surface area contributed by atoms with Crippen LogP contribution in [-0.4, -0.2) is 39.3 Å². The second kappa shape index (κ2) is 10.6. The normalized spacial score (nSPS) is 15.3. The van der Waals surface area contributed by atoms with E-state index in [4.69, 9.17) is 18.9 Å². The first-order valence-corrected chi connectivity index (χ1v) is 12.8. The number of anilines is 1. The van der Waals surface area contributed by atoms with Gasteiger partial charge in [0.05, 0.1) is 46.9 Å². The molecule has 2 aromatic carbocycles. The van der Waals surface area contributed by atoms with Gasteiger partial charge in [-0.2, -0.15) is 0 Å². The predicted octanol–water partition coefficient (Wildman–Crippen LogP) is 6.31. The van der Waals surface area contributed by atoms with Crippen molar-refractivity contribution in [2.75, 3.05) is 33.3 Å². The van der Waals surface area contributed by atoms with Crippen molar-refractivity contribution >= 4 is 11.6 Å². The summed E-state index contributed by atoms with van der Waals surface area (Å²) in [5, 5.41) is 0. The fourth-order valence-electron chi connectivity index (χ4n) is 5.21. The lowest BCUT2D eigenvalue weighted by atomic mass is 9.63. The van der Waals surface area contributed by atoms with Crippen LogP contribution >= 0.6 is 0 Å². The van der Waals surface area contributed by atoms with Gasteiger partial charge >= 0.3 is 0 Å². The second-order valence-corrected chi connectivity index (χ2v) is 11.0. The first-order valence-electron chi connectivity index (χ1n) is 12.8. The molecule has 0 saturated carbocycles. The third kappa shape index (κ3) is 5.15. The van der Waals surface area contributed by atoms with Crippen LogP contribution in [0.3, 0.4) is 0 Å². The lowest BCUT2D eigenvalue weighted by Gasteiger charge is -2.42. The highest BCUT2D eigenvalue weighted by Gasteiger charge is 2.37. The number of hydrogen-bond acceptors (Lipinski definition) is 6. The van der Waals surface area contributed by atoms with E-state index in [9.17, 15) is 4.79 Å². The molecule has 1 amide bonds. The van der Waals surface area contributed by atoms with Gasteiger partial charge in [0.15, 0.2) is 11.5 Å². The SMILES string of the molecule is COc1ccc(N(Cc2ccc3c(c2)C(C)(C)CCC3(C)C)C(=O)c2cc(OC)c(OC)c(OC)c2)cn1. The van der Waals surface area contributed by atoms with Crippen LogP contribution in [0.25, 0.3) is 0 Å². The molecule has 7 nitrogen and oxygen atoms in total. The molecule has 202 valence electrons. The minimum absolute atomic E-state index is 0.0636. The van der Waals surface area contributed by atoms with E-state index >= 15 is 0 Å². The van der Waals surface area contributed by atoms with Crippen molar-refractivity contribution in [3.63, 3.8) is 0 Å². The van der Waals surface area contributed by atoms with Gasteiger partial charge < -0.3 is 23.8 Å². The molecule has 0 fully saturated rings. The molecular formula is C31H38N2O5. The minimum Gasteiger partial charge on any atom is -0.493 e. The Bertz CT molecular complexity index is 1290. The summed E-state index contributed by atoms with van der Waals surface area (Å²) in [7, 11) is 6.17. The Kier molecular flexibility index (Phi) is 7.58. The summed E-state index contributed by atoms with van der Waals surface area (Å²) in [6.07, 6.45) is 3.92. The number of ether oxygens (including phenoxy) is 4. The van der Waals surface area contributed by atoms with Gasteiger partial charge in [0.25, 0.3) is 5.91 Å². The highest BCUT2D eigenvalue weighted by Crippen LogP contribution is 2.46. The number of benzene rings is 2. The van der Waals surface area contributed by atoms with Crippen molar-refractivity contribution in [2.45, 2.75) is 57.9 Å². The van der Waals surface area contributed by atoms with E-state index in [1.54, 1.807) is 36.4 Å². The average molecular weight is 519 g/mol. The molecule has 0 spiro atoms. The fourth-order valence-corrected chi connectivity index (χ4v) is 5.21. The Labute approximate surface area is 225 Å². The number of hydrogen-bond donors (Lipinski definition) is 0. The van der Waals surface area contributed by atoms with Crippen LogP contribution in [0.2, 0.25) is 0 Å². The molecule has 1 heterocycles. The number of amides is 1. The zero-order valence-electron chi connectivity index (χ0n) is 23.7. The molecule has 1 aliphatic rings. The average Bonchev–Trinajstić information content (AvgIpc) is 2.93. The summed E-state index contributed by atoms with van der Waals surface area (Å²) in [4.78, 5) is 20.1. The van der Waals surface area contributed by atoms with Gasteiger partial charge in [0.2, 0.25) is 11.6 Å². The molecule has 3 aromatic rings. The molecule has 0 unspecified atom stereocenters. The maximum absolute atomic E-state index is 14.1. The van der Waals surface area contributed by atoms with Gasteiger partial charge in [-0.1, -0.05) is 45.9 Å². The molecular weight excluding hydrogens is 480 g/mol. The van der Waals surface area contributed by atoms with Crippen molar-refractivity contribution in [1.82, 2.24) is 4.98 Å². The number of carbonyl (C=O) groups excluding carboxylic acids is 1. The monoisotopic (exact) mass is 518 g/mol. The van der Waals surface area contributed by atoms with Gasteiger partial charge in [-0.15, -0.1) is 0 Å². The van der Waals surface area contributed by atoms with Gasteiger partial charge in [0.1, 0.15) is 0 Å². The van der Waals surface area contributed by atoms with Crippen LogP contribution in [0.1, 0.15) is 67.6 Å². The standard InChI is InChI=1S/C31H38N2O5/c1-30(2)13-14-31(3,4)24-15-20(9-11-23(24)30)19-33(22-10-12-27(37-7)32-18-22)29(34)21-16-25(35-5)28(38-8)26(17-21)36-6/h9-12,15-18H,13-14,19H2,1-8H3. The van der Waals surface area contributed by atoms with Crippen molar-refractivity contribution in [1.29, 1.82) is 0 Å². The summed E-state index contributed by atoms with van der Waals surface area (Å²) in [6.45, 7) is 9.59. The maximum Gasteiger partial charge on any atom is 0.258 e. The Morgan fingerprint density at radius 3 is 1.97 bits per heavy atom. The van der Waals surface area contributed by atoms with Crippen molar-refractivity contribution in [2.24, 2.45) is 0 Å². The van der Waals surface area contributed by atoms with Gasteiger partial charge in [-0.05, 0) is 58.6 Å². The lowest BCUT2D eigenvalue weighted by molar-refractivity contribution is 0.0984. The third-order valence-electron chi connectivity index (χ3n) is 7.66. The number of aromatic nitrogens is 1. The summed E-state index contributed by atoms with van der Waals surface area (Å²) < 4.78 is 21.7. The molecule has 0 radical (unpaired) electrons. The molecule has 38 heavy (non-hydrogen) atoms. The maximum atomic E-state index is 14.1. The van der Waals surface area contributed by atoms with Crippen LogP contribution in [0.15, 0.2) is 48.7 Å². The first-order chi connectivity index (χ1) is 18.0. The Morgan fingerprint density at radius 2 is 1.45 bits per heavy atom.